The second-order valence-corrected chi connectivity index (χ2v) is 3.11. The van der Waals surface area contributed by atoms with Crippen molar-refractivity contribution in [3.05, 3.63) is 5.82 Å². The van der Waals surface area contributed by atoms with Crippen LogP contribution < -0.4 is 0 Å². The van der Waals surface area contributed by atoms with E-state index in [-0.39, 0.29) is 6.61 Å². The van der Waals surface area contributed by atoms with Crippen molar-refractivity contribution in [1.82, 2.24) is 20.2 Å². The van der Waals surface area contributed by atoms with Crippen LogP contribution in [0, 0.1) is 0 Å². The van der Waals surface area contributed by atoms with Crippen molar-refractivity contribution in [3.8, 4) is 0 Å². The van der Waals surface area contributed by atoms with E-state index in [4.69, 9.17) is 5.11 Å². The second kappa shape index (κ2) is 3.18. The van der Waals surface area contributed by atoms with Gasteiger partial charge in [-0.1, -0.05) is 0 Å². The van der Waals surface area contributed by atoms with E-state index in [1.807, 2.05) is 0 Å². The van der Waals surface area contributed by atoms with Gasteiger partial charge < -0.3 is 5.11 Å². The average molecular weight is 168 g/mol. The SMILES string of the molecule is OCCCn1nnnc1C1CC1. The Morgan fingerprint density at radius 1 is 1.50 bits per heavy atom. The summed E-state index contributed by atoms with van der Waals surface area (Å²) in [5.74, 6) is 1.57. The van der Waals surface area contributed by atoms with E-state index in [9.17, 15) is 0 Å². The minimum absolute atomic E-state index is 0.198. The maximum absolute atomic E-state index is 8.63. The number of rotatable bonds is 4. The molecule has 2 rings (SSSR count). The Bertz CT molecular complexity index is 256. The highest BCUT2D eigenvalue weighted by atomic mass is 16.3. The quantitative estimate of drug-likeness (QED) is 0.683. The molecule has 1 aromatic rings. The fourth-order valence-corrected chi connectivity index (χ4v) is 1.23. The third-order valence-electron chi connectivity index (χ3n) is 2.03. The number of aromatic nitrogens is 4. The molecule has 0 unspecified atom stereocenters. The zero-order valence-electron chi connectivity index (χ0n) is 6.85. The van der Waals surface area contributed by atoms with Crippen LogP contribution in [-0.4, -0.2) is 31.9 Å². The molecule has 1 aliphatic rings. The number of aliphatic hydroxyl groups is 1. The van der Waals surface area contributed by atoms with Crippen molar-refractivity contribution in [1.29, 1.82) is 0 Å². The first-order chi connectivity index (χ1) is 5.92. The molecule has 0 saturated heterocycles. The van der Waals surface area contributed by atoms with Crippen LogP contribution in [-0.2, 0) is 6.54 Å². The number of hydrogen-bond donors (Lipinski definition) is 1. The number of tetrazole rings is 1. The monoisotopic (exact) mass is 168 g/mol. The Labute approximate surface area is 70.4 Å². The highest BCUT2D eigenvalue weighted by Gasteiger charge is 2.29. The Hall–Kier alpha value is -0.970. The highest BCUT2D eigenvalue weighted by molar-refractivity contribution is 5.02. The summed E-state index contributed by atoms with van der Waals surface area (Å²) in [5.41, 5.74) is 0. The molecule has 1 heterocycles. The normalized spacial score (nSPS) is 16.8. The highest BCUT2D eigenvalue weighted by Crippen LogP contribution is 2.38. The van der Waals surface area contributed by atoms with Crippen molar-refractivity contribution in [2.75, 3.05) is 6.61 Å². The summed E-state index contributed by atoms with van der Waals surface area (Å²) < 4.78 is 1.80. The van der Waals surface area contributed by atoms with Crippen LogP contribution in [0.2, 0.25) is 0 Å². The maximum atomic E-state index is 8.63. The predicted octanol–water partition coefficient (Wildman–Crippen LogP) is -0.0671. The van der Waals surface area contributed by atoms with Crippen LogP contribution in [0.25, 0.3) is 0 Å². The topological polar surface area (TPSA) is 63.8 Å². The molecule has 1 fully saturated rings. The van der Waals surface area contributed by atoms with E-state index >= 15 is 0 Å². The lowest BCUT2D eigenvalue weighted by Gasteiger charge is -2.00. The minimum Gasteiger partial charge on any atom is -0.396 e. The fraction of sp³-hybridized carbons (Fsp3) is 0.857. The molecule has 0 amide bonds. The Morgan fingerprint density at radius 2 is 2.33 bits per heavy atom. The molecule has 66 valence electrons. The third kappa shape index (κ3) is 1.45. The zero-order chi connectivity index (χ0) is 8.39. The average Bonchev–Trinajstić information content (AvgIpc) is 2.83. The van der Waals surface area contributed by atoms with Gasteiger partial charge in [-0.25, -0.2) is 4.68 Å². The van der Waals surface area contributed by atoms with Gasteiger partial charge >= 0.3 is 0 Å². The molecular weight excluding hydrogens is 156 g/mol. The largest absolute Gasteiger partial charge is 0.396 e. The number of hydrogen-bond acceptors (Lipinski definition) is 4. The third-order valence-corrected chi connectivity index (χ3v) is 2.03. The Balaban J connectivity index is 2.03. The van der Waals surface area contributed by atoms with Crippen molar-refractivity contribution in [2.24, 2.45) is 0 Å². The molecule has 0 bridgehead atoms. The first-order valence-corrected chi connectivity index (χ1v) is 4.28. The molecule has 0 radical (unpaired) electrons. The summed E-state index contributed by atoms with van der Waals surface area (Å²) >= 11 is 0. The van der Waals surface area contributed by atoms with Crippen LogP contribution in [0.3, 0.4) is 0 Å². The van der Waals surface area contributed by atoms with E-state index in [0.29, 0.717) is 5.92 Å². The molecule has 5 heteroatoms. The molecule has 0 aliphatic heterocycles. The summed E-state index contributed by atoms with van der Waals surface area (Å²) in [7, 11) is 0. The molecule has 1 N–H and O–H groups in total. The van der Waals surface area contributed by atoms with E-state index in [1.165, 1.54) is 12.8 Å². The molecule has 0 atom stereocenters. The van der Waals surface area contributed by atoms with Gasteiger partial charge in [0.25, 0.3) is 0 Å². The number of aryl methyl sites for hydroxylation is 1. The van der Waals surface area contributed by atoms with Gasteiger partial charge in [0, 0.05) is 19.1 Å². The van der Waals surface area contributed by atoms with Crippen LogP contribution in [0.4, 0.5) is 0 Å². The lowest BCUT2D eigenvalue weighted by atomic mass is 10.4. The van der Waals surface area contributed by atoms with Crippen LogP contribution in [0.5, 0.6) is 0 Å². The summed E-state index contributed by atoms with van der Waals surface area (Å²) in [6.07, 6.45) is 3.14. The van der Waals surface area contributed by atoms with Gasteiger partial charge in [0.05, 0.1) is 0 Å². The number of nitrogens with zero attached hydrogens (tertiary/aromatic N) is 4. The predicted molar refractivity (Wildman–Crippen MR) is 41.5 cm³/mol. The molecular formula is C7H12N4O. The lowest BCUT2D eigenvalue weighted by Crippen LogP contribution is -2.06. The number of aliphatic hydroxyl groups excluding tert-OH is 1. The van der Waals surface area contributed by atoms with Crippen molar-refractivity contribution < 1.29 is 5.11 Å². The zero-order valence-corrected chi connectivity index (χ0v) is 6.85. The second-order valence-electron chi connectivity index (χ2n) is 3.11. The van der Waals surface area contributed by atoms with Crippen molar-refractivity contribution in [3.63, 3.8) is 0 Å². The maximum Gasteiger partial charge on any atom is 0.154 e. The minimum atomic E-state index is 0.198. The van der Waals surface area contributed by atoms with Gasteiger partial charge in [-0.05, 0) is 29.7 Å². The Morgan fingerprint density at radius 3 is 3.00 bits per heavy atom. The summed E-state index contributed by atoms with van der Waals surface area (Å²) in [6, 6.07) is 0. The Kier molecular flexibility index (Phi) is 2.03. The van der Waals surface area contributed by atoms with E-state index in [1.54, 1.807) is 4.68 Å². The van der Waals surface area contributed by atoms with Gasteiger partial charge in [-0.2, -0.15) is 0 Å². The van der Waals surface area contributed by atoms with E-state index in [2.05, 4.69) is 15.5 Å². The summed E-state index contributed by atoms with van der Waals surface area (Å²) in [5, 5.41) is 20.1. The molecule has 1 aromatic heterocycles. The van der Waals surface area contributed by atoms with Gasteiger partial charge in [0.1, 0.15) is 0 Å². The van der Waals surface area contributed by atoms with Gasteiger partial charge in [-0.3, -0.25) is 0 Å². The van der Waals surface area contributed by atoms with Crippen LogP contribution in [0.1, 0.15) is 31.0 Å². The van der Waals surface area contributed by atoms with E-state index < -0.39 is 0 Å². The molecule has 1 saturated carbocycles. The smallest absolute Gasteiger partial charge is 0.154 e. The molecule has 5 nitrogen and oxygen atoms in total. The summed E-state index contributed by atoms with van der Waals surface area (Å²) in [4.78, 5) is 0. The first kappa shape index (κ1) is 7.67. The van der Waals surface area contributed by atoms with Gasteiger partial charge in [0.2, 0.25) is 0 Å². The van der Waals surface area contributed by atoms with E-state index in [0.717, 1.165) is 18.8 Å². The summed E-state index contributed by atoms with van der Waals surface area (Å²) in [6.45, 7) is 0.930. The van der Waals surface area contributed by atoms with Gasteiger partial charge in [0.15, 0.2) is 5.82 Å². The van der Waals surface area contributed by atoms with Crippen LogP contribution in [0.15, 0.2) is 0 Å². The van der Waals surface area contributed by atoms with Crippen LogP contribution >= 0.6 is 0 Å². The van der Waals surface area contributed by atoms with Crippen molar-refractivity contribution in [2.45, 2.75) is 31.7 Å². The van der Waals surface area contributed by atoms with Gasteiger partial charge in [-0.15, -0.1) is 5.10 Å². The molecule has 0 spiro atoms. The molecule has 12 heavy (non-hydrogen) atoms. The standard InChI is InChI=1S/C7H12N4O/c12-5-1-4-11-7(6-2-3-6)8-9-10-11/h6,12H,1-5H2. The first-order valence-electron chi connectivity index (χ1n) is 4.28. The fourth-order valence-electron chi connectivity index (χ4n) is 1.23. The lowest BCUT2D eigenvalue weighted by molar-refractivity contribution is 0.275. The van der Waals surface area contributed by atoms with Crippen molar-refractivity contribution >= 4 is 0 Å². The molecule has 0 aromatic carbocycles. The molecule has 1 aliphatic carbocycles.